The van der Waals surface area contributed by atoms with Crippen LogP contribution in [0, 0.1) is 5.82 Å². The van der Waals surface area contributed by atoms with Crippen LogP contribution in [0.2, 0.25) is 10.0 Å². The number of ether oxygens (including phenoxy) is 1. The molecule has 116 valence electrons. The van der Waals surface area contributed by atoms with Gasteiger partial charge in [-0.25, -0.2) is 4.39 Å². The number of amides is 1. The van der Waals surface area contributed by atoms with E-state index in [-0.39, 0.29) is 10.9 Å². The quantitative estimate of drug-likeness (QED) is 0.884. The number of carbonyl (C=O) groups is 1. The molecule has 1 unspecified atom stereocenters. The predicted octanol–water partition coefficient (Wildman–Crippen LogP) is 4.22. The van der Waals surface area contributed by atoms with E-state index in [1.165, 1.54) is 18.2 Å². The molecule has 2 aromatic rings. The Labute approximate surface area is 138 Å². The van der Waals surface area contributed by atoms with Gasteiger partial charge >= 0.3 is 0 Å². The van der Waals surface area contributed by atoms with Gasteiger partial charge in [-0.1, -0.05) is 35.3 Å². The molecule has 0 radical (unpaired) electrons. The van der Waals surface area contributed by atoms with Gasteiger partial charge in [0.25, 0.3) is 5.91 Å². The lowest BCUT2D eigenvalue weighted by Crippen LogP contribution is -2.35. The second-order valence-electron chi connectivity index (χ2n) is 4.68. The third-order valence-electron chi connectivity index (χ3n) is 2.95. The summed E-state index contributed by atoms with van der Waals surface area (Å²) >= 11 is 11.5. The molecule has 0 saturated carbocycles. The number of benzene rings is 2. The van der Waals surface area contributed by atoms with Gasteiger partial charge in [0.1, 0.15) is 11.6 Å². The van der Waals surface area contributed by atoms with Crippen LogP contribution in [0.4, 0.5) is 4.39 Å². The Bertz CT molecular complexity index is 662. The normalized spacial score (nSPS) is 11.8. The first-order valence-corrected chi connectivity index (χ1v) is 7.35. The molecular formula is C16H14Cl2FNO2. The predicted molar refractivity (Wildman–Crippen MR) is 84.8 cm³/mol. The third kappa shape index (κ3) is 4.61. The van der Waals surface area contributed by atoms with Gasteiger partial charge in [-0.15, -0.1) is 0 Å². The zero-order valence-corrected chi connectivity index (χ0v) is 13.3. The first kappa shape index (κ1) is 16.6. The number of nitrogens with one attached hydrogen (secondary N) is 1. The Kier molecular flexibility index (Phi) is 5.63. The highest BCUT2D eigenvalue weighted by Gasteiger charge is 2.15. The highest BCUT2D eigenvalue weighted by Crippen LogP contribution is 2.22. The van der Waals surface area contributed by atoms with Gasteiger partial charge in [-0.05, 0) is 36.8 Å². The van der Waals surface area contributed by atoms with Crippen molar-refractivity contribution in [2.24, 2.45) is 0 Å². The molecule has 0 fully saturated rings. The van der Waals surface area contributed by atoms with Crippen molar-refractivity contribution >= 4 is 29.1 Å². The molecule has 1 atom stereocenters. The van der Waals surface area contributed by atoms with Crippen molar-refractivity contribution in [2.75, 3.05) is 0 Å². The molecule has 3 nitrogen and oxygen atoms in total. The van der Waals surface area contributed by atoms with Crippen molar-refractivity contribution in [1.82, 2.24) is 5.32 Å². The summed E-state index contributed by atoms with van der Waals surface area (Å²) in [4.78, 5) is 12.0. The summed E-state index contributed by atoms with van der Waals surface area (Å²) in [7, 11) is 0. The van der Waals surface area contributed by atoms with Crippen LogP contribution in [-0.2, 0) is 11.3 Å². The molecular weight excluding hydrogens is 328 g/mol. The van der Waals surface area contributed by atoms with Crippen LogP contribution in [0.3, 0.4) is 0 Å². The van der Waals surface area contributed by atoms with Crippen LogP contribution in [0.25, 0.3) is 0 Å². The van der Waals surface area contributed by atoms with E-state index in [9.17, 15) is 9.18 Å². The molecule has 6 heteroatoms. The van der Waals surface area contributed by atoms with E-state index in [2.05, 4.69) is 5.32 Å². The van der Waals surface area contributed by atoms with Crippen LogP contribution < -0.4 is 10.1 Å². The van der Waals surface area contributed by atoms with Gasteiger partial charge in [0.2, 0.25) is 0 Å². The van der Waals surface area contributed by atoms with Crippen molar-refractivity contribution < 1.29 is 13.9 Å². The standard InChI is InChI=1S/C16H14Cl2FNO2/c1-10(22-13-6-7-15(19)14(18)8-13)16(21)20-9-11-2-4-12(17)5-3-11/h2-8,10H,9H2,1H3,(H,20,21). The van der Waals surface area contributed by atoms with E-state index < -0.39 is 11.9 Å². The highest BCUT2D eigenvalue weighted by atomic mass is 35.5. The van der Waals surface area contributed by atoms with Crippen LogP contribution in [0.5, 0.6) is 5.75 Å². The monoisotopic (exact) mass is 341 g/mol. The van der Waals surface area contributed by atoms with Crippen molar-refractivity contribution in [2.45, 2.75) is 19.6 Å². The van der Waals surface area contributed by atoms with Gasteiger partial charge in [0.05, 0.1) is 5.02 Å². The van der Waals surface area contributed by atoms with E-state index in [1.54, 1.807) is 19.1 Å². The average molecular weight is 342 g/mol. The molecule has 22 heavy (non-hydrogen) atoms. The maximum atomic E-state index is 13.1. The third-order valence-corrected chi connectivity index (χ3v) is 3.49. The molecule has 2 aromatic carbocycles. The van der Waals surface area contributed by atoms with Crippen LogP contribution in [0.1, 0.15) is 12.5 Å². The molecule has 0 spiro atoms. The highest BCUT2D eigenvalue weighted by molar-refractivity contribution is 6.31. The van der Waals surface area contributed by atoms with Crippen molar-refractivity contribution in [3.8, 4) is 5.75 Å². The van der Waals surface area contributed by atoms with Crippen LogP contribution >= 0.6 is 23.2 Å². The minimum atomic E-state index is -0.728. The van der Waals surface area contributed by atoms with Crippen molar-refractivity contribution in [3.05, 3.63) is 63.9 Å². The van der Waals surface area contributed by atoms with Gasteiger partial charge in [-0.3, -0.25) is 4.79 Å². The van der Waals surface area contributed by atoms with Crippen LogP contribution in [0.15, 0.2) is 42.5 Å². The second kappa shape index (κ2) is 7.47. The number of hydrogen-bond donors (Lipinski definition) is 1. The van der Waals surface area contributed by atoms with E-state index in [4.69, 9.17) is 27.9 Å². The summed E-state index contributed by atoms with van der Waals surface area (Å²) in [6.07, 6.45) is -0.728. The first-order valence-electron chi connectivity index (χ1n) is 6.59. The molecule has 0 heterocycles. The molecule has 1 amide bonds. The fourth-order valence-electron chi connectivity index (χ4n) is 1.74. The molecule has 0 bridgehead atoms. The summed E-state index contributed by atoms with van der Waals surface area (Å²) in [6.45, 7) is 1.97. The Morgan fingerprint density at radius 1 is 1.23 bits per heavy atom. The number of halogens is 3. The Balaban J connectivity index is 1.88. The lowest BCUT2D eigenvalue weighted by Gasteiger charge is -2.15. The van der Waals surface area contributed by atoms with E-state index in [1.807, 2.05) is 12.1 Å². The molecule has 0 aliphatic carbocycles. The van der Waals surface area contributed by atoms with E-state index in [0.29, 0.717) is 17.3 Å². The zero-order valence-electron chi connectivity index (χ0n) is 11.8. The minimum absolute atomic E-state index is 0.0497. The lowest BCUT2D eigenvalue weighted by atomic mass is 10.2. The summed E-state index contributed by atoms with van der Waals surface area (Å²) < 4.78 is 18.5. The maximum absolute atomic E-state index is 13.1. The summed E-state index contributed by atoms with van der Waals surface area (Å²) in [5.41, 5.74) is 0.926. The zero-order chi connectivity index (χ0) is 16.1. The Hall–Kier alpha value is -1.78. The SMILES string of the molecule is CC(Oc1ccc(F)c(Cl)c1)C(=O)NCc1ccc(Cl)cc1. The average Bonchev–Trinajstić information content (AvgIpc) is 2.50. The van der Waals surface area contributed by atoms with Crippen molar-refractivity contribution in [1.29, 1.82) is 0 Å². The molecule has 0 aliphatic rings. The molecule has 0 saturated heterocycles. The van der Waals surface area contributed by atoms with Crippen molar-refractivity contribution in [3.63, 3.8) is 0 Å². The molecule has 0 aliphatic heterocycles. The van der Waals surface area contributed by atoms with Gasteiger partial charge in [-0.2, -0.15) is 0 Å². The number of rotatable bonds is 5. The smallest absolute Gasteiger partial charge is 0.261 e. The minimum Gasteiger partial charge on any atom is -0.481 e. The fraction of sp³-hybridized carbons (Fsp3) is 0.188. The molecule has 1 N–H and O–H groups in total. The van der Waals surface area contributed by atoms with Gasteiger partial charge in [0.15, 0.2) is 6.10 Å². The molecule has 0 aromatic heterocycles. The van der Waals surface area contributed by atoms with Gasteiger partial charge < -0.3 is 10.1 Å². The van der Waals surface area contributed by atoms with E-state index >= 15 is 0 Å². The van der Waals surface area contributed by atoms with Crippen LogP contribution in [-0.4, -0.2) is 12.0 Å². The van der Waals surface area contributed by atoms with E-state index in [0.717, 1.165) is 5.56 Å². The maximum Gasteiger partial charge on any atom is 0.261 e. The summed E-state index contributed by atoms with van der Waals surface area (Å²) in [6, 6.07) is 11.1. The lowest BCUT2D eigenvalue weighted by molar-refractivity contribution is -0.127. The largest absolute Gasteiger partial charge is 0.481 e. The number of hydrogen-bond acceptors (Lipinski definition) is 2. The second-order valence-corrected chi connectivity index (χ2v) is 5.52. The topological polar surface area (TPSA) is 38.3 Å². The molecule has 2 rings (SSSR count). The Morgan fingerprint density at radius 3 is 2.55 bits per heavy atom. The summed E-state index contributed by atoms with van der Waals surface area (Å²) in [5.74, 6) is -0.482. The first-order chi connectivity index (χ1) is 10.5. The number of carbonyl (C=O) groups excluding carboxylic acids is 1. The van der Waals surface area contributed by atoms with Gasteiger partial charge in [0, 0.05) is 17.6 Å². The fourth-order valence-corrected chi connectivity index (χ4v) is 2.04. The summed E-state index contributed by atoms with van der Waals surface area (Å²) in [5, 5.41) is 3.34. The Morgan fingerprint density at radius 2 is 1.91 bits per heavy atom.